The third-order valence-electron chi connectivity index (χ3n) is 29.5. The van der Waals surface area contributed by atoms with E-state index in [1.165, 1.54) is 274 Å². The fraction of sp³-hybridized carbons (Fsp3) is 0. The second-order valence-electron chi connectivity index (χ2n) is 37.8. The molecule has 28 aromatic rings. The molecule has 0 bridgehead atoms. The largest absolute Gasteiger partial charge is 0.0622 e. The molecule has 0 spiro atoms. The normalized spacial score (nSPS) is 11.5. The minimum atomic E-state index is 1.21. The van der Waals surface area contributed by atoms with Crippen LogP contribution >= 0.6 is 0 Å². The second kappa shape index (κ2) is 37.2. The molecule has 0 unspecified atom stereocenters. The SMILES string of the molecule is c1ccc(-c2ccc(-c3c4ccccc4c(-c4ccc5ccccc5c4)c4cc(-c5cc6ccccc6c6ccccc56)ccc34)cc2)cc1.c1ccc(-c2ccc(-c3c4ccccc4c(-c4ccc5ccccc5c4)c4cc(-c5ccc6ccccc6c5)ccc34)cc2)cc1.c1ccc(-c2ccc(-c3ccc4c(-c5ccc(-c6ccccc6)cc5)c5ccccc5c(-c5cccc6ccccc56)c4c3)cc2)cc1. The quantitative estimate of drug-likeness (QED) is 0.0797. The zero-order valence-electron chi connectivity index (χ0n) is 79.3. The van der Waals surface area contributed by atoms with Gasteiger partial charge in [0, 0.05) is 0 Å². The van der Waals surface area contributed by atoms with E-state index in [1.54, 1.807) is 0 Å². The van der Waals surface area contributed by atoms with E-state index in [0.29, 0.717) is 0 Å². The Bertz CT molecular complexity index is 9810. The third-order valence-corrected chi connectivity index (χ3v) is 29.5. The first kappa shape index (κ1) is 85.7. The lowest BCUT2D eigenvalue weighted by atomic mass is 9.83. The first-order valence-corrected chi connectivity index (χ1v) is 49.9. The number of benzene rings is 28. The van der Waals surface area contributed by atoms with Crippen LogP contribution in [0.25, 0.3) is 274 Å². The topological polar surface area (TPSA) is 0 Å². The van der Waals surface area contributed by atoms with Crippen molar-refractivity contribution in [2.45, 2.75) is 0 Å². The Morgan fingerprint density at radius 1 is 0.0694 bits per heavy atom. The molecular weight excluding hydrogens is 1730 g/mol. The van der Waals surface area contributed by atoms with E-state index in [4.69, 9.17) is 0 Å². The van der Waals surface area contributed by atoms with Crippen molar-refractivity contribution >= 4 is 129 Å². The van der Waals surface area contributed by atoms with Crippen LogP contribution in [-0.2, 0) is 0 Å². The van der Waals surface area contributed by atoms with Crippen molar-refractivity contribution in [1.29, 1.82) is 0 Å². The highest BCUT2D eigenvalue weighted by Gasteiger charge is 2.25. The summed E-state index contributed by atoms with van der Waals surface area (Å²) in [5.41, 5.74) is 32.2. The lowest BCUT2D eigenvalue weighted by molar-refractivity contribution is 1.60. The van der Waals surface area contributed by atoms with E-state index >= 15 is 0 Å². The lowest BCUT2D eigenvalue weighted by Crippen LogP contribution is -1.92. The molecule has 0 amide bonds. The van der Waals surface area contributed by atoms with Crippen molar-refractivity contribution in [3.63, 3.8) is 0 Å². The van der Waals surface area contributed by atoms with Crippen LogP contribution in [0.4, 0.5) is 0 Å². The summed E-state index contributed by atoms with van der Waals surface area (Å²) in [6, 6.07) is 209. The molecule has 0 saturated carbocycles. The summed E-state index contributed by atoms with van der Waals surface area (Å²) in [5, 5.41) is 30.3. The van der Waals surface area contributed by atoms with Gasteiger partial charge in [-0.3, -0.25) is 0 Å². The molecule has 144 heavy (non-hydrogen) atoms. The van der Waals surface area contributed by atoms with Gasteiger partial charge in [-0.05, 0) is 316 Å². The fourth-order valence-electron chi connectivity index (χ4n) is 22.6. The third kappa shape index (κ3) is 15.9. The molecule has 28 rings (SSSR count). The fourth-order valence-corrected chi connectivity index (χ4v) is 22.6. The van der Waals surface area contributed by atoms with Gasteiger partial charge < -0.3 is 0 Å². The summed E-state index contributed by atoms with van der Waals surface area (Å²) in [4.78, 5) is 0. The maximum atomic E-state index is 2.45. The maximum Gasteiger partial charge on any atom is -0.00199 e. The monoisotopic (exact) mass is 1820 g/mol. The highest BCUT2D eigenvalue weighted by Crippen LogP contribution is 2.52. The van der Waals surface area contributed by atoms with Crippen molar-refractivity contribution in [3.8, 4) is 145 Å². The smallest absolute Gasteiger partial charge is 0.00199 e. The van der Waals surface area contributed by atoms with Gasteiger partial charge in [0.2, 0.25) is 0 Å². The van der Waals surface area contributed by atoms with Crippen LogP contribution in [0.1, 0.15) is 0 Å². The van der Waals surface area contributed by atoms with Crippen LogP contribution in [0, 0.1) is 0 Å². The van der Waals surface area contributed by atoms with Crippen LogP contribution in [0.5, 0.6) is 0 Å². The van der Waals surface area contributed by atoms with Crippen molar-refractivity contribution in [1.82, 2.24) is 0 Å². The molecule has 670 valence electrons. The predicted octanol–water partition coefficient (Wildman–Crippen LogP) is 40.6. The highest BCUT2D eigenvalue weighted by molar-refractivity contribution is 6.27. The molecule has 0 aliphatic carbocycles. The molecule has 0 atom stereocenters. The van der Waals surface area contributed by atoms with E-state index < -0.39 is 0 Å². The molecule has 0 aliphatic rings. The molecule has 0 saturated heterocycles. The van der Waals surface area contributed by atoms with E-state index in [-0.39, 0.29) is 0 Å². The van der Waals surface area contributed by atoms with Crippen molar-refractivity contribution < 1.29 is 0 Å². The molecule has 0 nitrogen and oxygen atoms in total. The number of rotatable bonds is 13. The van der Waals surface area contributed by atoms with E-state index in [9.17, 15) is 0 Å². The maximum absolute atomic E-state index is 2.45. The molecule has 0 aromatic heterocycles. The predicted molar refractivity (Wildman–Crippen MR) is 620 cm³/mol. The number of hydrogen-bond donors (Lipinski definition) is 0. The minimum absolute atomic E-state index is 1.21. The molecule has 0 N–H and O–H groups in total. The van der Waals surface area contributed by atoms with Crippen LogP contribution in [0.3, 0.4) is 0 Å². The van der Waals surface area contributed by atoms with Crippen LogP contribution < -0.4 is 0 Å². The van der Waals surface area contributed by atoms with Crippen molar-refractivity contribution in [2.24, 2.45) is 0 Å². The van der Waals surface area contributed by atoms with E-state index in [1.807, 2.05) is 0 Å². The first-order chi connectivity index (χ1) is 71.4. The van der Waals surface area contributed by atoms with Crippen molar-refractivity contribution in [2.75, 3.05) is 0 Å². The lowest BCUT2D eigenvalue weighted by Gasteiger charge is -2.20. The standard InChI is InChI=1S/C50H32.C48H32.C46H30/c1-2-12-33(13-3-1)35-22-25-36(26-23-35)49-44-20-10-11-21-45(44)50(40-27-24-34-14-4-5-15-37(34)30-40)48-32-39(28-29-46(48)49)47-31-38-16-6-7-17-41(38)42-18-8-9-19-43(42)47;1-3-12-33(13-4-1)35-22-24-37(25-23-35)40-30-31-45-46(32-40)48(42-21-11-17-38-16-7-8-18-41(38)42)44-20-10-9-19-43(44)47(45)39-28-26-36(27-29-39)34-14-5-2-6-15-34;1-2-10-31(11-3-1)34-18-22-35(23-19-34)45-41-16-8-9-17-42(41)46(40-25-21-33-13-5-7-15-37(33)29-40)44-30-39(26-27-43(44)45)38-24-20-32-12-4-6-14-36(32)28-38/h1-32H;1-32H;1-30H. The highest BCUT2D eigenvalue weighted by atomic mass is 14.3. The average molecular weight is 1820 g/mol. The summed E-state index contributed by atoms with van der Waals surface area (Å²) in [6.07, 6.45) is 0. The molecule has 0 heteroatoms. The average Bonchev–Trinajstić information content (AvgIpc) is 0.731. The zero-order valence-corrected chi connectivity index (χ0v) is 79.3. The molecular formula is C144H94. The Morgan fingerprint density at radius 2 is 0.292 bits per heavy atom. The number of fused-ring (bicyclic) bond motifs is 13. The van der Waals surface area contributed by atoms with Gasteiger partial charge in [-0.15, -0.1) is 0 Å². The van der Waals surface area contributed by atoms with Crippen molar-refractivity contribution in [3.05, 3.63) is 570 Å². The van der Waals surface area contributed by atoms with E-state index in [0.717, 1.165) is 0 Å². The Hall–Kier alpha value is -18.7. The summed E-state index contributed by atoms with van der Waals surface area (Å²) < 4.78 is 0. The van der Waals surface area contributed by atoms with Gasteiger partial charge in [-0.1, -0.05) is 528 Å². The molecule has 0 radical (unpaired) electrons. The van der Waals surface area contributed by atoms with Crippen LogP contribution in [0.2, 0.25) is 0 Å². The Balaban J connectivity index is 0.000000110. The van der Waals surface area contributed by atoms with E-state index in [2.05, 4.69) is 570 Å². The summed E-state index contributed by atoms with van der Waals surface area (Å²) >= 11 is 0. The van der Waals surface area contributed by atoms with Gasteiger partial charge in [-0.25, -0.2) is 0 Å². The zero-order chi connectivity index (χ0) is 95.3. The van der Waals surface area contributed by atoms with Crippen LogP contribution in [0.15, 0.2) is 570 Å². The molecule has 0 aliphatic heterocycles. The first-order valence-electron chi connectivity index (χ1n) is 49.9. The van der Waals surface area contributed by atoms with Gasteiger partial charge in [0.25, 0.3) is 0 Å². The summed E-state index contributed by atoms with van der Waals surface area (Å²) in [5.74, 6) is 0. The van der Waals surface area contributed by atoms with Gasteiger partial charge in [0.15, 0.2) is 0 Å². The summed E-state index contributed by atoms with van der Waals surface area (Å²) in [6.45, 7) is 0. The van der Waals surface area contributed by atoms with Gasteiger partial charge >= 0.3 is 0 Å². The Kier molecular flexibility index (Phi) is 22.1. The molecule has 0 fully saturated rings. The van der Waals surface area contributed by atoms with Gasteiger partial charge in [0.05, 0.1) is 0 Å². The Morgan fingerprint density at radius 3 is 0.688 bits per heavy atom. The minimum Gasteiger partial charge on any atom is -0.0622 e. The van der Waals surface area contributed by atoms with Gasteiger partial charge in [0.1, 0.15) is 0 Å². The molecule has 0 heterocycles. The molecule has 28 aromatic carbocycles. The van der Waals surface area contributed by atoms with Crippen LogP contribution in [-0.4, -0.2) is 0 Å². The Labute approximate surface area is 837 Å². The second-order valence-corrected chi connectivity index (χ2v) is 37.8. The number of hydrogen-bond acceptors (Lipinski definition) is 0. The summed E-state index contributed by atoms with van der Waals surface area (Å²) in [7, 11) is 0. The van der Waals surface area contributed by atoms with Gasteiger partial charge in [-0.2, -0.15) is 0 Å².